The first-order valence-corrected chi connectivity index (χ1v) is 16.1. The number of nitrogens with one attached hydrogen (secondary N) is 3. The van der Waals surface area contributed by atoms with E-state index < -0.39 is 0 Å². The van der Waals surface area contributed by atoms with E-state index in [-0.39, 0.29) is 24.0 Å². The summed E-state index contributed by atoms with van der Waals surface area (Å²) in [5, 5.41) is 9.13. The number of rotatable bonds is 15. The van der Waals surface area contributed by atoms with E-state index in [1.54, 1.807) is 12.1 Å². The van der Waals surface area contributed by atoms with Crippen molar-refractivity contribution < 1.29 is 9.59 Å². The third-order valence-corrected chi connectivity index (χ3v) is 8.25. The van der Waals surface area contributed by atoms with Crippen LogP contribution in [0.2, 0.25) is 0 Å². The topological polar surface area (TPSA) is 76.7 Å². The number of urea groups is 1. The Balaban J connectivity index is 1.30. The van der Waals surface area contributed by atoms with E-state index in [1.165, 1.54) is 11.1 Å². The zero-order valence-corrected chi connectivity index (χ0v) is 25.9. The van der Waals surface area contributed by atoms with Crippen molar-refractivity contribution in [1.82, 2.24) is 20.4 Å². The predicted octanol–water partition coefficient (Wildman–Crippen LogP) is 6.69. The van der Waals surface area contributed by atoms with Crippen LogP contribution in [0.3, 0.4) is 0 Å². The van der Waals surface area contributed by atoms with E-state index in [2.05, 4.69) is 100 Å². The van der Waals surface area contributed by atoms with Gasteiger partial charge in [-0.25, -0.2) is 4.79 Å². The molecule has 230 valence electrons. The summed E-state index contributed by atoms with van der Waals surface area (Å²) in [6.07, 6.45) is 6.39. The van der Waals surface area contributed by atoms with Gasteiger partial charge in [-0.15, -0.1) is 0 Å². The standard InChI is InChI=1S/C36H49N5O2/c1-3-5-24-40(25-6-4-2)28-23-37-36(43)39-33-20-14-13-19-32(33)35(42)38-31-21-26-41(27-22-31)34(29-15-9-7-10-16-29)30-17-11-8-12-18-30/h7-20,31,34H,3-6,21-28H2,1-2H3,(H,38,42)(H2,37,39,43). The maximum atomic E-state index is 13.4. The molecule has 1 heterocycles. The Bertz CT molecular complexity index is 1200. The Hall–Kier alpha value is -3.68. The summed E-state index contributed by atoms with van der Waals surface area (Å²) in [4.78, 5) is 31.0. The minimum absolute atomic E-state index is 0.0788. The van der Waals surface area contributed by atoms with Crippen LogP contribution in [0, 0.1) is 0 Å². The van der Waals surface area contributed by atoms with Gasteiger partial charge >= 0.3 is 6.03 Å². The summed E-state index contributed by atoms with van der Waals surface area (Å²) >= 11 is 0. The van der Waals surface area contributed by atoms with Crippen molar-refractivity contribution in [3.05, 3.63) is 102 Å². The average Bonchev–Trinajstić information content (AvgIpc) is 3.04. The molecule has 0 aromatic heterocycles. The number of carbonyl (C=O) groups is 2. The molecule has 7 nitrogen and oxygen atoms in total. The number of piperidine rings is 1. The zero-order chi connectivity index (χ0) is 30.3. The third-order valence-electron chi connectivity index (χ3n) is 8.25. The molecule has 4 rings (SSSR count). The third kappa shape index (κ3) is 9.94. The minimum Gasteiger partial charge on any atom is -0.349 e. The summed E-state index contributed by atoms with van der Waals surface area (Å²) in [7, 11) is 0. The van der Waals surface area contributed by atoms with Gasteiger partial charge in [-0.3, -0.25) is 9.69 Å². The normalized spacial score (nSPS) is 14.1. The lowest BCUT2D eigenvalue weighted by Gasteiger charge is -2.38. The number of likely N-dealkylation sites (tertiary alicyclic amines) is 1. The lowest BCUT2D eigenvalue weighted by molar-refractivity contribution is 0.0901. The van der Waals surface area contributed by atoms with Crippen molar-refractivity contribution in [3.63, 3.8) is 0 Å². The number of unbranched alkanes of at least 4 members (excludes halogenated alkanes) is 2. The number of hydrogen-bond donors (Lipinski definition) is 3. The number of hydrogen-bond acceptors (Lipinski definition) is 4. The van der Waals surface area contributed by atoms with E-state index in [0.29, 0.717) is 17.8 Å². The van der Waals surface area contributed by atoms with Crippen LogP contribution in [-0.4, -0.2) is 67.0 Å². The molecule has 7 heteroatoms. The Morgan fingerprint density at radius 2 is 1.35 bits per heavy atom. The molecule has 0 atom stereocenters. The molecule has 3 N–H and O–H groups in total. The largest absolute Gasteiger partial charge is 0.349 e. The summed E-state index contributed by atoms with van der Waals surface area (Å²) < 4.78 is 0. The van der Waals surface area contributed by atoms with Crippen molar-refractivity contribution in [1.29, 1.82) is 0 Å². The molecule has 3 amide bonds. The molecule has 1 saturated heterocycles. The van der Waals surface area contributed by atoms with Gasteiger partial charge in [0.2, 0.25) is 0 Å². The predicted molar refractivity (Wildman–Crippen MR) is 177 cm³/mol. The van der Waals surface area contributed by atoms with Crippen LogP contribution < -0.4 is 16.0 Å². The molecule has 0 bridgehead atoms. The summed E-state index contributed by atoms with van der Waals surface area (Å²) in [6.45, 7) is 9.68. The average molecular weight is 584 g/mol. The summed E-state index contributed by atoms with van der Waals surface area (Å²) in [6, 6.07) is 28.5. The molecule has 0 unspecified atom stereocenters. The number of nitrogens with zero attached hydrogens (tertiary/aromatic N) is 2. The number of amides is 3. The fraction of sp³-hybridized carbons (Fsp3) is 0.444. The smallest absolute Gasteiger partial charge is 0.319 e. The Morgan fingerprint density at radius 1 is 0.791 bits per heavy atom. The van der Waals surface area contributed by atoms with E-state index >= 15 is 0 Å². The second-order valence-corrected chi connectivity index (χ2v) is 11.5. The highest BCUT2D eigenvalue weighted by molar-refractivity contribution is 6.03. The van der Waals surface area contributed by atoms with Crippen molar-refractivity contribution in [2.45, 2.75) is 64.5 Å². The van der Waals surface area contributed by atoms with Crippen molar-refractivity contribution in [2.75, 3.05) is 44.6 Å². The van der Waals surface area contributed by atoms with Crippen LogP contribution in [0.4, 0.5) is 10.5 Å². The highest BCUT2D eigenvalue weighted by atomic mass is 16.2. The van der Waals surface area contributed by atoms with Crippen LogP contribution in [-0.2, 0) is 0 Å². The monoisotopic (exact) mass is 583 g/mol. The quantitative estimate of drug-likeness (QED) is 0.186. The van der Waals surface area contributed by atoms with Gasteiger partial charge in [0.1, 0.15) is 0 Å². The van der Waals surface area contributed by atoms with Crippen LogP contribution in [0.1, 0.15) is 79.9 Å². The zero-order valence-electron chi connectivity index (χ0n) is 25.9. The molecule has 3 aromatic carbocycles. The van der Waals surface area contributed by atoms with Crippen LogP contribution in [0.5, 0.6) is 0 Å². The number of anilines is 1. The van der Waals surface area contributed by atoms with Crippen molar-refractivity contribution >= 4 is 17.6 Å². The molecule has 3 aromatic rings. The van der Waals surface area contributed by atoms with Gasteiger partial charge in [0.05, 0.1) is 17.3 Å². The SMILES string of the molecule is CCCCN(CCCC)CCNC(=O)Nc1ccccc1C(=O)NC1CCN(C(c2ccccc2)c2ccccc2)CC1. The maximum absolute atomic E-state index is 13.4. The van der Waals surface area contributed by atoms with Gasteiger partial charge in [-0.05, 0) is 62.0 Å². The minimum atomic E-state index is -0.285. The molecule has 1 fully saturated rings. The Kier molecular flexibility index (Phi) is 13.1. The summed E-state index contributed by atoms with van der Waals surface area (Å²) in [5.41, 5.74) is 3.57. The second kappa shape index (κ2) is 17.4. The molecule has 1 aliphatic rings. The fourth-order valence-electron chi connectivity index (χ4n) is 5.83. The second-order valence-electron chi connectivity index (χ2n) is 11.5. The highest BCUT2D eigenvalue weighted by Gasteiger charge is 2.28. The molecular formula is C36H49N5O2. The van der Waals surface area contributed by atoms with Crippen LogP contribution >= 0.6 is 0 Å². The van der Waals surface area contributed by atoms with E-state index in [0.717, 1.165) is 71.2 Å². The van der Waals surface area contributed by atoms with Crippen molar-refractivity contribution in [2.24, 2.45) is 0 Å². The first-order valence-electron chi connectivity index (χ1n) is 16.1. The van der Waals surface area contributed by atoms with Crippen LogP contribution in [0.15, 0.2) is 84.9 Å². The molecule has 0 spiro atoms. The van der Waals surface area contributed by atoms with Crippen molar-refractivity contribution in [3.8, 4) is 0 Å². The Morgan fingerprint density at radius 3 is 1.93 bits per heavy atom. The number of carbonyl (C=O) groups excluding carboxylic acids is 2. The van der Waals surface area contributed by atoms with Crippen LogP contribution in [0.25, 0.3) is 0 Å². The van der Waals surface area contributed by atoms with Gasteiger partial charge in [0, 0.05) is 32.2 Å². The fourth-order valence-corrected chi connectivity index (χ4v) is 5.83. The van der Waals surface area contributed by atoms with Gasteiger partial charge in [0.25, 0.3) is 5.91 Å². The Labute approximate surface area is 258 Å². The van der Waals surface area contributed by atoms with Gasteiger partial charge in [0.15, 0.2) is 0 Å². The molecule has 1 aliphatic heterocycles. The first-order chi connectivity index (χ1) is 21.1. The molecule has 0 saturated carbocycles. The number of para-hydroxylation sites is 1. The van der Waals surface area contributed by atoms with E-state index in [4.69, 9.17) is 0 Å². The molecular weight excluding hydrogens is 534 g/mol. The highest BCUT2D eigenvalue weighted by Crippen LogP contribution is 2.31. The number of benzene rings is 3. The molecule has 0 aliphatic carbocycles. The van der Waals surface area contributed by atoms with Gasteiger partial charge in [-0.2, -0.15) is 0 Å². The van der Waals surface area contributed by atoms with E-state index in [9.17, 15) is 9.59 Å². The lowest BCUT2D eigenvalue weighted by Crippen LogP contribution is -2.46. The molecule has 0 radical (unpaired) electrons. The molecule has 43 heavy (non-hydrogen) atoms. The van der Waals surface area contributed by atoms with Gasteiger partial charge < -0.3 is 20.9 Å². The lowest BCUT2D eigenvalue weighted by atomic mass is 9.94. The maximum Gasteiger partial charge on any atom is 0.319 e. The summed E-state index contributed by atoms with van der Waals surface area (Å²) in [5.74, 6) is -0.151. The first kappa shape index (κ1) is 32.2. The van der Waals surface area contributed by atoms with Gasteiger partial charge in [-0.1, -0.05) is 99.5 Å². The van der Waals surface area contributed by atoms with E-state index in [1.807, 2.05) is 12.1 Å².